The van der Waals surface area contributed by atoms with E-state index >= 15 is 0 Å². The zero-order chi connectivity index (χ0) is 18.7. The lowest BCUT2D eigenvalue weighted by Gasteiger charge is -2.24. The predicted octanol–water partition coefficient (Wildman–Crippen LogP) is 3.64. The Kier molecular flexibility index (Phi) is 4.98. The Bertz CT molecular complexity index is 815. The molecule has 1 heterocycles. The molecule has 1 aliphatic heterocycles. The lowest BCUT2D eigenvalue weighted by atomic mass is 9.93. The summed E-state index contributed by atoms with van der Waals surface area (Å²) < 4.78 is 5.84. The largest absolute Gasteiger partial charge is 0.490 e. The number of carbonyl (C=O) groups is 2. The number of ether oxygens (including phenoxy) is 1. The standard InChI is InChI=1S/C21H24N2O3/c1-21(2)14-26-18-13-16(10-11-17(18)23(3)20(21)25)22-19(24)12-9-15-7-5-4-6-8-15/h4-8,10-11,13H,9,12,14H2,1-3H3,(H,22,24). The van der Waals surface area contributed by atoms with Crippen molar-refractivity contribution in [3.8, 4) is 5.75 Å². The molecule has 0 unspecified atom stereocenters. The molecule has 0 aliphatic carbocycles. The summed E-state index contributed by atoms with van der Waals surface area (Å²) in [4.78, 5) is 26.3. The highest BCUT2D eigenvalue weighted by molar-refractivity contribution is 5.99. The van der Waals surface area contributed by atoms with Gasteiger partial charge in [0, 0.05) is 25.2 Å². The molecule has 0 aromatic heterocycles. The Labute approximate surface area is 154 Å². The molecule has 5 nitrogen and oxygen atoms in total. The van der Waals surface area contributed by atoms with Crippen LogP contribution in [0.1, 0.15) is 25.8 Å². The molecular formula is C21H24N2O3. The van der Waals surface area contributed by atoms with Gasteiger partial charge in [0.2, 0.25) is 11.8 Å². The van der Waals surface area contributed by atoms with Gasteiger partial charge in [0.05, 0.1) is 11.1 Å². The van der Waals surface area contributed by atoms with Gasteiger partial charge in [-0.3, -0.25) is 9.59 Å². The van der Waals surface area contributed by atoms with E-state index in [-0.39, 0.29) is 11.8 Å². The molecular weight excluding hydrogens is 328 g/mol. The summed E-state index contributed by atoms with van der Waals surface area (Å²) in [5.41, 5.74) is 1.92. The maximum absolute atomic E-state index is 12.5. The van der Waals surface area contributed by atoms with Crippen molar-refractivity contribution in [1.29, 1.82) is 0 Å². The van der Waals surface area contributed by atoms with Gasteiger partial charge in [-0.25, -0.2) is 0 Å². The van der Waals surface area contributed by atoms with Gasteiger partial charge in [-0.15, -0.1) is 0 Å². The van der Waals surface area contributed by atoms with Crippen molar-refractivity contribution >= 4 is 23.2 Å². The number of amides is 2. The second-order valence-corrected chi connectivity index (χ2v) is 7.25. The first kappa shape index (κ1) is 18.0. The summed E-state index contributed by atoms with van der Waals surface area (Å²) in [5, 5.41) is 2.91. The fraction of sp³-hybridized carbons (Fsp3) is 0.333. The van der Waals surface area contributed by atoms with Gasteiger partial charge in [0.1, 0.15) is 12.4 Å². The smallest absolute Gasteiger partial charge is 0.235 e. The highest BCUT2D eigenvalue weighted by atomic mass is 16.5. The van der Waals surface area contributed by atoms with Gasteiger partial charge in [-0.1, -0.05) is 30.3 Å². The van der Waals surface area contributed by atoms with E-state index < -0.39 is 5.41 Å². The monoisotopic (exact) mass is 352 g/mol. The number of carbonyl (C=O) groups excluding carboxylic acids is 2. The second kappa shape index (κ2) is 7.20. The SMILES string of the molecule is CN1C(=O)C(C)(C)COc2cc(NC(=O)CCc3ccccc3)ccc21. The highest BCUT2D eigenvalue weighted by Gasteiger charge is 2.36. The first-order chi connectivity index (χ1) is 12.4. The molecule has 0 spiro atoms. The molecule has 2 aromatic carbocycles. The third-order valence-corrected chi connectivity index (χ3v) is 4.56. The van der Waals surface area contributed by atoms with Crippen molar-refractivity contribution in [2.24, 2.45) is 5.41 Å². The van der Waals surface area contributed by atoms with Crippen LogP contribution in [0.4, 0.5) is 11.4 Å². The molecule has 0 bridgehead atoms. The molecule has 26 heavy (non-hydrogen) atoms. The molecule has 0 saturated carbocycles. The quantitative estimate of drug-likeness (QED) is 0.914. The van der Waals surface area contributed by atoms with Crippen molar-refractivity contribution in [1.82, 2.24) is 0 Å². The van der Waals surface area contributed by atoms with Crippen LogP contribution >= 0.6 is 0 Å². The summed E-state index contributed by atoms with van der Waals surface area (Å²) in [6.07, 6.45) is 1.10. The van der Waals surface area contributed by atoms with Crippen LogP contribution in [0.5, 0.6) is 5.75 Å². The van der Waals surface area contributed by atoms with Crippen LogP contribution in [-0.4, -0.2) is 25.5 Å². The number of nitrogens with zero attached hydrogens (tertiary/aromatic N) is 1. The zero-order valence-corrected chi connectivity index (χ0v) is 15.4. The van der Waals surface area contributed by atoms with Gasteiger partial charge < -0.3 is 15.0 Å². The van der Waals surface area contributed by atoms with Gasteiger partial charge in [0.25, 0.3) is 0 Å². The minimum atomic E-state index is -0.590. The Balaban J connectivity index is 1.68. The number of hydrogen-bond donors (Lipinski definition) is 1. The Morgan fingerprint density at radius 2 is 1.92 bits per heavy atom. The van der Waals surface area contributed by atoms with Crippen molar-refractivity contribution in [3.05, 3.63) is 54.1 Å². The van der Waals surface area contributed by atoms with E-state index in [0.29, 0.717) is 36.6 Å². The third kappa shape index (κ3) is 3.87. The van der Waals surface area contributed by atoms with E-state index in [2.05, 4.69) is 5.32 Å². The fourth-order valence-corrected chi connectivity index (χ4v) is 2.99. The third-order valence-electron chi connectivity index (χ3n) is 4.56. The summed E-state index contributed by atoms with van der Waals surface area (Å²) in [5.74, 6) is 0.565. The number of rotatable bonds is 4. The van der Waals surface area contributed by atoms with Crippen LogP contribution in [-0.2, 0) is 16.0 Å². The molecule has 3 rings (SSSR count). The van der Waals surface area contributed by atoms with E-state index in [1.165, 1.54) is 0 Å². The minimum Gasteiger partial charge on any atom is -0.490 e. The van der Waals surface area contributed by atoms with E-state index in [1.807, 2.05) is 44.2 Å². The molecule has 0 fully saturated rings. The first-order valence-corrected chi connectivity index (χ1v) is 8.75. The van der Waals surface area contributed by atoms with Crippen LogP contribution in [0, 0.1) is 5.41 Å². The average molecular weight is 352 g/mol. The number of aryl methyl sites for hydroxylation is 1. The molecule has 5 heteroatoms. The van der Waals surface area contributed by atoms with Crippen LogP contribution in [0.25, 0.3) is 0 Å². The summed E-state index contributed by atoms with van der Waals surface area (Å²) in [6, 6.07) is 15.3. The Morgan fingerprint density at radius 1 is 1.19 bits per heavy atom. The predicted molar refractivity (Wildman–Crippen MR) is 103 cm³/mol. The van der Waals surface area contributed by atoms with Crippen molar-refractivity contribution < 1.29 is 14.3 Å². The molecule has 2 amide bonds. The Hall–Kier alpha value is -2.82. The van der Waals surface area contributed by atoms with Crippen LogP contribution in [0.15, 0.2) is 48.5 Å². The average Bonchev–Trinajstić information content (AvgIpc) is 2.72. The number of benzene rings is 2. The zero-order valence-electron chi connectivity index (χ0n) is 15.4. The summed E-state index contributed by atoms with van der Waals surface area (Å²) in [7, 11) is 1.75. The van der Waals surface area contributed by atoms with Crippen LogP contribution in [0.2, 0.25) is 0 Å². The molecule has 0 radical (unpaired) electrons. The molecule has 1 aliphatic rings. The summed E-state index contributed by atoms with van der Waals surface area (Å²) in [6.45, 7) is 4.03. The minimum absolute atomic E-state index is 0.0101. The van der Waals surface area contributed by atoms with Gasteiger partial charge in [-0.05, 0) is 38.0 Å². The molecule has 1 N–H and O–H groups in total. The van der Waals surface area contributed by atoms with Crippen LogP contribution < -0.4 is 15.0 Å². The topological polar surface area (TPSA) is 58.6 Å². The van der Waals surface area contributed by atoms with Crippen molar-refractivity contribution in [2.45, 2.75) is 26.7 Å². The number of hydrogen-bond acceptors (Lipinski definition) is 3. The molecule has 2 aromatic rings. The maximum atomic E-state index is 12.5. The number of anilines is 2. The highest BCUT2D eigenvalue weighted by Crippen LogP contribution is 2.37. The number of nitrogens with one attached hydrogen (secondary N) is 1. The van der Waals surface area contributed by atoms with Crippen molar-refractivity contribution in [3.63, 3.8) is 0 Å². The molecule has 0 saturated heterocycles. The normalized spacial score (nSPS) is 15.7. The first-order valence-electron chi connectivity index (χ1n) is 8.75. The van der Waals surface area contributed by atoms with Gasteiger partial charge >= 0.3 is 0 Å². The molecule has 0 atom stereocenters. The van der Waals surface area contributed by atoms with E-state index in [4.69, 9.17) is 4.74 Å². The molecule has 136 valence electrons. The van der Waals surface area contributed by atoms with E-state index in [9.17, 15) is 9.59 Å². The van der Waals surface area contributed by atoms with E-state index in [0.717, 1.165) is 5.56 Å². The van der Waals surface area contributed by atoms with E-state index in [1.54, 1.807) is 30.1 Å². The maximum Gasteiger partial charge on any atom is 0.235 e. The van der Waals surface area contributed by atoms with Gasteiger partial charge in [-0.2, -0.15) is 0 Å². The lowest BCUT2D eigenvalue weighted by Crippen LogP contribution is -2.39. The lowest BCUT2D eigenvalue weighted by molar-refractivity contribution is -0.127. The number of fused-ring (bicyclic) bond motifs is 1. The second-order valence-electron chi connectivity index (χ2n) is 7.25. The fourth-order valence-electron chi connectivity index (χ4n) is 2.99. The Morgan fingerprint density at radius 3 is 2.65 bits per heavy atom. The van der Waals surface area contributed by atoms with Crippen LogP contribution in [0.3, 0.4) is 0 Å². The van der Waals surface area contributed by atoms with Crippen molar-refractivity contribution in [2.75, 3.05) is 23.9 Å². The summed E-state index contributed by atoms with van der Waals surface area (Å²) >= 11 is 0. The van der Waals surface area contributed by atoms with Gasteiger partial charge in [0.15, 0.2) is 0 Å².